The van der Waals surface area contributed by atoms with Gasteiger partial charge in [0.05, 0.1) is 5.02 Å². The molecule has 0 spiro atoms. The number of hydrogen-bond donors (Lipinski definition) is 0. The maximum atomic E-state index is 6.19. The summed E-state index contributed by atoms with van der Waals surface area (Å²) < 4.78 is 5.79. The van der Waals surface area contributed by atoms with Crippen LogP contribution in [0.5, 0.6) is 5.75 Å². The van der Waals surface area contributed by atoms with Gasteiger partial charge in [-0.1, -0.05) is 62.9 Å². The van der Waals surface area contributed by atoms with Gasteiger partial charge in [-0.25, -0.2) is 0 Å². The third-order valence-corrected chi connectivity index (χ3v) is 3.77. The molecule has 2 rings (SSSR count). The fraction of sp³-hybridized carbons (Fsp3) is 0.250. The van der Waals surface area contributed by atoms with E-state index < -0.39 is 0 Å². The lowest BCUT2D eigenvalue weighted by atomic mass is 10.1. The molecule has 0 saturated heterocycles. The Hall–Kier alpha value is -0.990. The van der Waals surface area contributed by atoms with Crippen LogP contribution in [0.3, 0.4) is 0 Å². The molecule has 0 aliphatic carbocycles. The Morgan fingerprint density at radius 2 is 1.68 bits per heavy atom. The second kappa shape index (κ2) is 6.44. The topological polar surface area (TPSA) is 9.23 Å². The molecule has 0 atom stereocenters. The smallest absolute Gasteiger partial charge is 0.138 e. The third kappa shape index (κ3) is 3.99. The maximum absolute atomic E-state index is 6.19. The Kier molecular flexibility index (Phi) is 4.89. The lowest BCUT2D eigenvalue weighted by Crippen LogP contribution is -1.97. The van der Waals surface area contributed by atoms with E-state index in [0.717, 1.165) is 22.2 Å². The van der Waals surface area contributed by atoms with Gasteiger partial charge in [-0.15, -0.1) is 0 Å². The minimum atomic E-state index is 0.538. The first-order chi connectivity index (χ1) is 9.08. The number of benzene rings is 2. The number of rotatable bonds is 4. The van der Waals surface area contributed by atoms with Crippen LogP contribution in [0.1, 0.15) is 22.3 Å². The van der Waals surface area contributed by atoms with Crippen molar-refractivity contribution in [2.45, 2.75) is 25.8 Å². The Labute approximate surface area is 127 Å². The Morgan fingerprint density at radius 3 is 2.26 bits per heavy atom. The van der Waals surface area contributed by atoms with Crippen molar-refractivity contribution >= 4 is 27.5 Å². The molecule has 0 bridgehead atoms. The van der Waals surface area contributed by atoms with Crippen LogP contribution in [0.15, 0.2) is 36.4 Å². The predicted octanol–water partition coefficient (Wildman–Crippen LogP) is 5.43. The SMILES string of the molecule is Cc1cc(C)cc(COc2ccc(CBr)cc2Cl)c1. The van der Waals surface area contributed by atoms with Crippen molar-refractivity contribution in [1.29, 1.82) is 0 Å². The van der Waals surface area contributed by atoms with Crippen LogP contribution in [-0.2, 0) is 11.9 Å². The number of alkyl halides is 1. The van der Waals surface area contributed by atoms with Crippen LogP contribution >= 0.6 is 27.5 Å². The van der Waals surface area contributed by atoms with Gasteiger partial charge in [-0.3, -0.25) is 0 Å². The molecular formula is C16H16BrClO. The van der Waals surface area contributed by atoms with Gasteiger partial charge < -0.3 is 4.74 Å². The van der Waals surface area contributed by atoms with Crippen LogP contribution in [0.2, 0.25) is 5.02 Å². The molecule has 0 unspecified atom stereocenters. The summed E-state index contributed by atoms with van der Waals surface area (Å²) in [6, 6.07) is 12.3. The Morgan fingerprint density at radius 1 is 1.00 bits per heavy atom. The van der Waals surface area contributed by atoms with Gasteiger partial charge in [0.15, 0.2) is 0 Å². The molecule has 0 aromatic heterocycles. The zero-order valence-corrected chi connectivity index (χ0v) is 13.4. The molecule has 0 heterocycles. The van der Waals surface area contributed by atoms with E-state index in [1.807, 2.05) is 18.2 Å². The van der Waals surface area contributed by atoms with E-state index in [1.54, 1.807) is 0 Å². The van der Waals surface area contributed by atoms with Gasteiger partial charge in [-0.05, 0) is 37.1 Å². The zero-order valence-electron chi connectivity index (χ0n) is 11.0. The average molecular weight is 340 g/mol. The van der Waals surface area contributed by atoms with E-state index >= 15 is 0 Å². The minimum absolute atomic E-state index is 0.538. The first kappa shape index (κ1) is 14.4. The first-order valence-electron chi connectivity index (χ1n) is 6.13. The molecule has 0 fully saturated rings. The quantitative estimate of drug-likeness (QED) is 0.675. The number of hydrogen-bond acceptors (Lipinski definition) is 1. The van der Waals surface area contributed by atoms with Gasteiger partial charge >= 0.3 is 0 Å². The van der Waals surface area contributed by atoms with E-state index in [4.69, 9.17) is 16.3 Å². The number of ether oxygens (including phenoxy) is 1. The largest absolute Gasteiger partial charge is 0.487 e. The molecule has 3 heteroatoms. The van der Waals surface area contributed by atoms with Crippen molar-refractivity contribution in [3.8, 4) is 5.75 Å². The van der Waals surface area contributed by atoms with Crippen LogP contribution in [0.4, 0.5) is 0 Å². The summed E-state index contributed by atoms with van der Waals surface area (Å²) >= 11 is 9.60. The van der Waals surface area contributed by atoms with Crippen molar-refractivity contribution in [3.05, 3.63) is 63.7 Å². The van der Waals surface area contributed by atoms with Gasteiger partial charge in [0.2, 0.25) is 0 Å². The number of aryl methyl sites for hydroxylation is 2. The summed E-state index contributed by atoms with van der Waals surface area (Å²) in [5, 5.41) is 1.45. The van der Waals surface area contributed by atoms with Crippen molar-refractivity contribution in [2.24, 2.45) is 0 Å². The maximum Gasteiger partial charge on any atom is 0.138 e. The molecule has 0 radical (unpaired) electrons. The molecule has 100 valence electrons. The molecule has 0 amide bonds. The monoisotopic (exact) mass is 338 g/mol. The van der Waals surface area contributed by atoms with Gasteiger partial charge in [0.25, 0.3) is 0 Å². The van der Waals surface area contributed by atoms with E-state index in [1.165, 1.54) is 11.1 Å². The highest BCUT2D eigenvalue weighted by atomic mass is 79.9. The highest BCUT2D eigenvalue weighted by Gasteiger charge is 2.04. The highest BCUT2D eigenvalue weighted by Crippen LogP contribution is 2.27. The zero-order chi connectivity index (χ0) is 13.8. The van der Waals surface area contributed by atoms with Crippen molar-refractivity contribution in [2.75, 3.05) is 0 Å². The van der Waals surface area contributed by atoms with Crippen LogP contribution < -0.4 is 4.74 Å². The standard InChI is InChI=1S/C16H16BrClO/c1-11-5-12(2)7-14(6-11)10-19-16-4-3-13(9-17)8-15(16)18/h3-8H,9-10H2,1-2H3. The van der Waals surface area contributed by atoms with Gasteiger partial charge in [-0.2, -0.15) is 0 Å². The minimum Gasteiger partial charge on any atom is -0.487 e. The number of halogens is 2. The summed E-state index contributed by atoms with van der Waals surface area (Å²) in [7, 11) is 0. The fourth-order valence-corrected chi connectivity index (χ4v) is 2.66. The van der Waals surface area contributed by atoms with E-state index in [2.05, 4.69) is 48.0 Å². The Balaban J connectivity index is 2.10. The summed E-state index contributed by atoms with van der Waals surface area (Å²) in [4.78, 5) is 0. The normalized spacial score (nSPS) is 10.5. The summed E-state index contributed by atoms with van der Waals surface area (Å²) in [6.45, 7) is 4.72. The van der Waals surface area contributed by atoms with E-state index in [0.29, 0.717) is 11.6 Å². The van der Waals surface area contributed by atoms with Gasteiger partial charge in [0.1, 0.15) is 12.4 Å². The summed E-state index contributed by atoms with van der Waals surface area (Å²) in [6.07, 6.45) is 0. The third-order valence-electron chi connectivity index (χ3n) is 2.83. The first-order valence-corrected chi connectivity index (χ1v) is 7.63. The fourth-order valence-electron chi connectivity index (χ4n) is 2.06. The Bertz CT molecular complexity index is 561. The van der Waals surface area contributed by atoms with Crippen LogP contribution in [0, 0.1) is 13.8 Å². The van der Waals surface area contributed by atoms with Crippen LogP contribution in [0.25, 0.3) is 0 Å². The van der Waals surface area contributed by atoms with Gasteiger partial charge in [0, 0.05) is 5.33 Å². The molecule has 2 aromatic carbocycles. The molecule has 0 saturated carbocycles. The molecule has 0 N–H and O–H groups in total. The lowest BCUT2D eigenvalue weighted by molar-refractivity contribution is 0.306. The highest BCUT2D eigenvalue weighted by molar-refractivity contribution is 9.08. The molecule has 1 nitrogen and oxygen atoms in total. The molecule has 2 aromatic rings. The second-order valence-corrected chi connectivity index (χ2v) is 5.65. The molecule has 0 aliphatic rings. The molecule has 19 heavy (non-hydrogen) atoms. The molecule has 0 aliphatic heterocycles. The van der Waals surface area contributed by atoms with Crippen molar-refractivity contribution < 1.29 is 4.74 Å². The summed E-state index contributed by atoms with van der Waals surface area (Å²) in [5.41, 5.74) is 4.81. The van der Waals surface area contributed by atoms with Crippen LogP contribution in [-0.4, -0.2) is 0 Å². The van der Waals surface area contributed by atoms with E-state index in [9.17, 15) is 0 Å². The van der Waals surface area contributed by atoms with Crippen molar-refractivity contribution in [3.63, 3.8) is 0 Å². The van der Waals surface area contributed by atoms with E-state index in [-0.39, 0.29) is 0 Å². The average Bonchev–Trinajstić information content (AvgIpc) is 2.36. The predicted molar refractivity (Wildman–Crippen MR) is 84.3 cm³/mol. The second-order valence-electron chi connectivity index (χ2n) is 4.68. The summed E-state index contributed by atoms with van der Waals surface area (Å²) in [5.74, 6) is 0.727. The lowest BCUT2D eigenvalue weighted by Gasteiger charge is -2.10. The molecular weight excluding hydrogens is 324 g/mol. The van der Waals surface area contributed by atoms with Crippen molar-refractivity contribution in [1.82, 2.24) is 0 Å².